The summed E-state index contributed by atoms with van der Waals surface area (Å²) >= 11 is 4.69. The van der Waals surface area contributed by atoms with Crippen LogP contribution in [-0.4, -0.2) is 33.3 Å². The summed E-state index contributed by atoms with van der Waals surface area (Å²) in [5.41, 5.74) is 0.361. The molecular weight excluding hydrogens is 509 g/mol. The summed E-state index contributed by atoms with van der Waals surface area (Å²) in [4.78, 5) is 33.6. The minimum Gasteiger partial charge on any atom is -0.477 e. The predicted octanol–water partition coefficient (Wildman–Crippen LogP) is 7.56. The van der Waals surface area contributed by atoms with Crippen LogP contribution in [0, 0.1) is 29.1 Å². The Kier molecular flexibility index (Phi) is 8.85. The van der Waals surface area contributed by atoms with E-state index >= 15 is 0 Å². The van der Waals surface area contributed by atoms with Crippen LogP contribution >= 0.6 is 34.4 Å². The lowest BCUT2D eigenvalue weighted by atomic mass is 9.81. The molecule has 4 rings (SSSR count). The molecule has 0 bridgehead atoms. The lowest BCUT2D eigenvalue weighted by Gasteiger charge is -2.39. The van der Waals surface area contributed by atoms with Gasteiger partial charge in [0, 0.05) is 34.2 Å². The number of carbonyl (C=O) groups excluding carboxylic acids is 1. The molecule has 2 heterocycles. The lowest BCUT2D eigenvalue weighted by molar-refractivity contribution is -0.124. The van der Waals surface area contributed by atoms with Gasteiger partial charge >= 0.3 is 5.97 Å². The number of thiazole rings is 1. The first-order valence-electron chi connectivity index (χ1n) is 12.9. The number of hydrogen-bond acceptors (Lipinski definition) is 6. The van der Waals surface area contributed by atoms with Crippen LogP contribution in [0.4, 0.5) is 5.69 Å². The van der Waals surface area contributed by atoms with E-state index in [0.717, 1.165) is 55.7 Å². The molecule has 0 saturated heterocycles. The van der Waals surface area contributed by atoms with Crippen LogP contribution in [0.25, 0.3) is 0 Å². The van der Waals surface area contributed by atoms with Crippen LogP contribution in [0.5, 0.6) is 0 Å². The highest BCUT2D eigenvalue weighted by Crippen LogP contribution is 2.41. The van der Waals surface area contributed by atoms with Crippen molar-refractivity contribution in [2.75, 3.05) is 4.90 Å². The maximum Gasteiger partial charge on any atom is 0.348 e. The number of thioether (sulfide) groups is 1. The van der Waals surface area contributed by atoms with Gasteiger partial charge in [-0.05, 0) is 84.1 Å². The third-order valence-electron chi connectivity index (χ3n) is 7.02. The van der Waals surface area contributed by atoms with Crippen molar-refractivity contribution in [1.82, 2.24) is 4.98 Å². The Bertz CT molecular complexity index is 1110. The smallest absolute Gasteiger partial charge is 0.348 e. The van der Waals surface area contributed by atoms with E-state index in [2.05, 4.69) is 23.7 Å². The number of carbonyl (C=O) groups is 2. The van der Waals surface area contributed by atoms with E-state index in [4.69, 9.17) is 0 Å². The van der Waals surface area contributed by atoms with Crippen molar-refractivity contribution in [3.05, 3.63) is 27.4 Å². The van der Waals surface area contributed by atoms with Gasteiger partial charge in [-0.3, -0.25) is 4.79 Å². The van der Waals surface area contributed by atoms with Gasteiger partial charge in [-0.15, -0.1) is 22.7 Å². The van der Waals surface area contributed by atoms with Crippen LogP contribution in [-0.2, 0) is 4.79 Å². The van der Waals surface area contributed by atoms with Crippen LogP contribution in [0.3, 0.4) is 0 Å². The molecular formula is C28H36N2O3S3. The van der Waals surface area contributed by atoms with E-state index in [1.807, 2.05) is 55.1 Å². The van der Waals surface area contributed by atoms with Crippen LogP contribution in [0.15, 0.2) is 22.0 Å². The Labute approximate surface area is 227 Å². The minimum atomic E-state index is -0.984. The first-order chi connectivity index (χ1) is 17.1. The van der Waals surface area contributed by atoms with E-state index in [1.165, 1.54) is 11.3 Å². The van der Waals surface area contributed by atoms with E-state index in [9.17, 15) is 14.7 Å². The quantitative estimate of drug-likeness (QED) is 0.380. The summed E-state index contributed by atoms with van der Waals surface area (Å²) in [5.74, 6) is 6.13. The number of nitrogens with zero attached hydrogens (tertiary/aromatic N) is 2. The number of thiophene rings is 1. The first kappa shape index (κ1) is 27.2. The highest BCUT2D eigenvalue weighted by molar-refractivity contribution is 8.01. The zero-order valence-corrected chi connectivity index (χ0v) is 24.0. The second kappa shape index (κ2) is 11.7. The number of carboxylic acids is 1. The standard InChI is InChI=1S/C28H36N2O3S3/c1-18-5-7-19(8-6-18)25(31)30(20-9-11-21(12-10-20)36-27-29-15-16-34-27)23-17-22(13-14-28(2,3)4)35-24(23)26(32)33/h15-21H,5-12H2,1-4H3,(H,32,33). The van der Waals surface area contributed by atoms with Crippen molar-refractivity contribution >= 4 is 52.0 Å². The molecule has 1 N–H and O–H groups in total. The Morgan fingerprint density at radius 3 is 2.39 bits per heavy atom. The van der Waals surface area contributed by atoms with Crippen molar-refractivity contribution in [3.8, 4) is 11.8 Å². The van der Waals surface area contributed by atoms with Gasteiger partial charge in [0.25, 0.3) is 0 Å². The maximum atomic E-state index is 14.0. The Morgan fingerprint density at radius 1 is 1.11 bits per heavy atom. The zero-order chi connectivity index (χ0) is 25.9. The third-order valence-corrected chi connectivity index (χ3v) is 10.3. The fraction of sp³-hybridized carbons (Fsp3) is 0.607. The fourth-order valence-electron chi connectivity index (χ4n) is 5.06. The molecule has 0 aromatic carbocycles. The molecule has 2 saturated carbocycles. The molecule has 0 unspecified atom stereocenters. The van der Waals surface area contributed by atoms with E-state index in [1.54, 1.807) is 11.3 Å². The molecule has 1 amide bonds. The van der Waals surface area contributed by atoms with Crippen molar-refractivity contribution in [1.29, 1.82) is 0 Å². The monoisotopic (exact) mass is 544 g/mol. The van der Waals surface area contributed by atoms with E-state index < -0.39 is 5.97 Å². The average molecular weight is 545 g/mol. The summed E-state index contributed by atoms with van der Waals surface area (Å²) < 4.78 is 1.09. The molecule has 2 aromatic rings. The molecule has 2 aliphatic carbocycles. The number of rotatable bonds is 6. The molecule has 2 aromatic heterocycles. The minimum absolute atomic E-state index is 0.0149. The van der Waals surface area contributed by atoms with Crippen LogP contribution < -0.4 is 4.90 Å². The second-order valence-electron chi connectivity index (χ2n) is 11.1. The van der Waals surface area contributed by atoms with Gasteiger partial charge in [-0.2, -0.15) is 0 Å². The average Bonchev–Trinajstić information content (AvgIpc) is 3.49. The van der Waals surface area contributed by atoms with Gasteiger partial charge in [-0.25, -0.2) is 9.78 Å². The number of amides is 1. The molecule has 5 nitrogen and oxygen atoms in total. The first-order valence-corrected chi connectivity index (χ1v) is 15.5. The molecule has 0 aliphatic heterocycles. The van der Waals surface area contributed by atoms with Gasteiger partial charge in [0.05, 0.1) is 10.6 Å². The summed E-state index contributed by atoms with van der Waals surface area (Å²) in [6.07, 6.45) is 9.44. The Balaban J connectivity index is 1.62. The largest absolute Gasteiger partial charge is 0.477 e. The van der Waals surface area contributed by atoms with Crippen molar-refractivity contribution in [2.24, 2.45) is 17.3 Å². The zero-order valence-electron chi connectivity index (χ0n) is 21.6. The molecule has 8 heteroatoms. The fourth-order valence-corrected chi connectivity index (χ4v) is 7.97. The Morgan fingerprint density at radius 2 is 1.81 bits per heavy atom. The summed E-state index contributed by atoms with van der Waals surface area (Å²) in [5, 5.41) is 12.6. The number of aromatic carboxylic acids is 1. The summed E-state index contributed by atoms with van der Waals surface area (Å²) in [6, 6.07) is 1.87. The van der Waals surface area contributed by atoms with Gasteiger partial charge in [0.2, 0.25) is 5.91 Å². The molecule has 2 fully saturated rings. The van der Waals surface area contributed by atoms with Gasteiger partial charge in [0.1, 0.15) is 9.22 Å². The molecule has 2 aliphatic rings. The summed E-state index contributed by atoms with van der Waals surface area (Å²) in [7, 11) is 0. The topological polar surface area (TPSA) is 70.5 Å². The Hall–Kier alpha value is -1.82. The number of carboxylic acid groups (broad SMARTS) is 1. The van der Waals surface area contributed by atoms with Crippen molar-refractivity contribution < 1.29 is 14.7 Å². The molecule has 36 heavy (non-hydrogen) atoms. The van der Waals surface area contributed by atoms with Crippen LogP contribution in [0.1, 0.15) is 93.6 Å². The SMILES string of the molecule is CC1CCC(C(=O)N(c2cc(C#CC(C)(C)C)sc2C(=O)O)C2CCC(Sc3nccs3)CC2)CC1. The van der Waals surface area contributed by atoms with Crippen LogP contribution in [0.2, 0.25) is 0 Å². The number of anilines is 1. The number of aromatic nitrogens is 1. The van der Waals surface area contributed by atoms with E-state index in [0.29, 0.717) is 21.7 Å². The molecule has 0 spiro atoms. The number of hydrogen-bond donors (Lipinski definition) is 1. The normalized spacial score (nSPS) is 24.6. The second-order valence-corrected chi connectivity index (χ2v) is 14.6. The summed E-state index contributed by atoms with van der Waals surface area (Å²) in [6.45, 7) is 8.36. The van der Waals surface area contributed by atoms with Gasteiger partial charge < -0.3 is 10.0 Å². The van der Waals surface area contributed by atoms with Crippen molar-refractivity contribution in [2.45, 2.75) is 94.7 Å². The molecule has 0 radical (unpaired) electrons. The van der Waals surface area contributed by atoms with Gasteiger partial charge in [-0.1, -0.05) is 30.5 Å². The highest BCUT2D eigenvalue weighted by Gasteiger charge is 2.37. The highest BCUT2D eigenvalue weighted by atomic mass is 32.2. The molecule has 0 atom stereocenters. The van der Waals surface area contributed by atoms with Gasteiger partial charge in [0.15, 0.2) is 0 Å². The lowest BCUT2D eigenvalue weighted by Crippen LogP contribution is -2.46. The van der Waals surface area contributed by atoms with E-state index in [-0.39, 0.29) is 28.2 Å². The third kappa shape index (κ3) is 6.93. The predicted molar refractivity (Wildman–Crippen MR) is 150 cm³/mol. The van der Waals surface area contributed by atoms with Crippen molar-refractivity contribution in [3.63, 3.8) is 0 Å². The molecule has 194 valence electrons. The maximum absolute atomic E-state index is 14.0.